The Morgan fingerprint density at radius 1 is 1.25 bits per heavy atom. The quantitative estimate of drug-likeness (QED) is 0.897. The molecule has 1 aromatic carbocycles. The maximum absolute atomic E-state index is 12.2. The Hall–Kier alpha value is -1.06. The fraction of sp³-hybridized carbons (Fsp3) is 0.562. The van der Waals surface area contributed by atoms with Crippen molar-refractivity contribution in [1.29, 1.82) is 0 Å². The molecule has 3 nitrogen and oxygen atoms in total. The highest BCUT2D eigenvalue weighted by atomic mass is 35.5. The second-order valence-electron chi connectivity index (χ2n) is 5.65. The Labute approximate surface area is 127 Å². The predicted molar refractivity (Wildman–Crippen MR) is 85.1 cm³/mol. The van der Waals surface area contributed by atoms with E-state index in [-0.39, 0.29) is 18.3 Å². The summed E-state index contributed by atoms with van der Waals surface area (Å²) in [5, 5.41) is 3.00. The number of hydrogen-bond acceptors (Lipinski definition) is 2. The van der Waals surface area contributed by atoms with Crippen molar-refractivity contribution in [2.75, 3.05) is 6.54 Å². The normalized spacial score (nSPS) is 17.1. The van der Waals surface area contributed by atoms with Crippen LogP contribution in [0.15, 0.2) is 24.3 Å². The van der Waals surface area contributed by atoms with Crippen molar-refractivity contribution in [2.45, 2.75) is 51.0 Å². The zero-order valence-corrected chi connectivity index (χ0v) is 13.0. The molecular weight excluding hydrogens is 272 g/mol. The maximum Gasteiger partial charge on any atom is 0.240 e. The van der Waals surface area contributed by atoms with E-state index >= 15 is 0 Å². The van der Waals surface area contributed by atoms with E-state index in [0.717, 1.165) is 32.1 Å². The van der Waals surface area contributed by atoms with Crippen LogP contribution in [0.4, 0.5) is 0 Å². The van der Waals surface area contributed by atoms with Crippen molar-refractivity contribution in [3.63, 3.8) is 0 Å². The molecule has 3 N–H and O–H groups in total. The van der Waals surface area contributed by atoms with Gasteiger partial charge in [0.05, 0.1) is 5.54 Å². The van der Waals surface area contributed by atoms with Gasteiger partial charge in [0.2, 0.25) is 5.91 Å². The summed E-state index contributed by atoms with van der Waals surface area (Å²) in [6.45, 7) is 2.77. The molecule has 0 saturated heterocycles. The first-order valence-corrected chi connectivity index (χ1v) is 7.23. The number of carbonyl (C=O) groups is 1. The third-order valence-corrected chi connectivity index (χ3v) is 4.14. The number of hydrogen-bond donors (Lipinski definition) is 2. The van der Waals surface area contributed by atoms with Crippen LogP contribution in [0.25, 0.3) is 0 Å². The van der Waals surface area contributed by atoms with Crippen molar-refractivity contribution in [2.24, 2.45) is 5.73 Å². The summed E-state index contributed by atoms with van der Waals surface area (Å²) in [6.07, 6.45) is 5.86. The summed E-state index contributed by atoms with van der Waals surface area (Å²) < 4.78 is 0. The van der Waals surface area contributed by atoms with Gasteiger partial charge in [-0.15, -0.1) is 12.4 Å². The predicted octanol–water partition coefficient (Wildman–Crippen LogP) is 2.74. The van der Waals surface area contributed by atoms with Gasteiger partial charge in [-0.3, -0.25) is 4.79 Å². The van der Waals surface area contributed by atoms with Crippen LogP contribution < -0.4 is 11.1 Å². The molecule has 0 heterocycles. The molecular formula is C16H25ClN2O. The van der Waals surface area contributed by atoms with Gasteiger partial charge in [-0.25, -0.2) is 0 Å². The van der Waals surface area contributed by atoms with Gasteiger partial charge in [0.15, 0.2) is 0 Å². The van der Waals surface area contributed by atoms with E-state index in [1.54, 1.807) is 0 Å². The first-order chi connectivity index (χ1) is 9.12. The van der Waals surface area contributed by atoms with Crippen LogP contribution in [0.2, 0.25) is 0 Å². The molecule has 0 radical (unpaired) electrons. The number of aryl methyl sites for hydroxylation is 1. The highest BCUT2D eigenvalue weighted by Crippen LogP contribution is 2.25. The molecule has 0 spiro atoms. The van der Waals surface area contributed by atoms with Gasteiger partial charge in [-0.2, -0.15) is 0 Å². The lowest BCUT2D eigenvalue weighted by molar-refractivity contribution is -0.127. The molecule has 1 fully saturated rings. The minimum absolute atomic E-state index is 0. The van der Waals surface area contributed by atoms with E-state index in [0.29, 0.717) is 6.54 Å². The van der Waals surface area contributed by atoms with Gasteiger partial charge in [0.25, 0.3) is 0 Å². The van der Waals surface area contributed by atoms with E-state index in [2.05, 4.69) is 24.4 Å². The highest BCUT2D eigenvalue weighted by molar-refractivity contribution is 5.86. The van der Waals surface area contributed by atoms with Gasteiger partial charge < -0.3 is 11.1 Å². The fourth-order valence-electron chi connectivity index (χ4n) is 2.79. The van der Waals surface area contributed by atoms with Crippen LogP contribution in [0.3, 0.4) is 0 Å². The zero-order chi connectivity index (χ0) is 13.7. The minimum Gasteiger partial charge on any atom is -0.354 e. The molecule has 4 heteroatoms. The van der Waals surface area contributed by atoms with Crippen LogP contribution in [0, 0.1) is 6.92 Å². The number of carbonyl (C=O) groups excluding carboxylic acids is 1. The topological polar surface area (TPSA) is 55.1 Å². The van der Waals surface area contributed by atoms with Gasteiger partial charge in [-0.05, 0) is 37.3 Å². The maximum atomic E-state index is 12.2. The number of halogens is 1. The molecule has 20 heavy (non-hydrogen) atoms. The van der Waals surface area contributed by atoms with Gasteiger partial charge in [0, 0.05) is 6.54 Å². The highest BCUT2D eigenvalue weighted by Gasteiger charge is 2.34. The first-order valence-electron chi connectivity index (χ1n) is 7.23. The van der Waals surface area contributed by atoms with Crippen molar-refractivity contribution >= 4 is 18.3 Å². The van der Waals surface area contributed by atoms with E-state index in [4.69, 9.17) is 5.73 Å². The van der Waals surface area contributed by atoms with Gasteiger partial charge >= 0.3 is 0 Å². The standard InChI is InChI=1S/C16H24N2O.ClH/c1-13-7-3-4-8-14(13)9-12-18-15(19)16(17)10-5-2-6-11-16;/h3-4,7-8H,2,5-6,9-12,17H2,1H3,(H,18,19);1H. The molecule has 0 atom stereocenters. The molecule has 1 aliphatic rings. The monoisotopic (exact) mass is 296 g/mol. The lowest BCUT2D eigenvalue weighted by Gasteiger charge is -2.31. The minimum atomic E-state index is -0.621. The summed E-state index contributed by atoms with van der Waals surface area (Å²) in [7, 11) is 0. The van der Waals surface area contributed by atoms with Crippen molar-refractivity contribution in [1.82, 2.24) is 5.32 Å². The second-order valence-corrected chi connectivity index (χ2v) is 5.65. The van der Waals surface area contributed by atoms with E-state index in [1.165, 1.54) is 17.5 Å². The zero-order valence-electron chi connectivity index (χ0n) is 12.2. The average Bonchev–Trinajstić information content (AvgIpc) is 2.41. The van der Waals surface area contributed by atoms with Crippen LogP contribution in [-0.2, 0) is 11.2 Å². The lowest BCUT2D eigenvalue weighted by Crippen LogP contribution is -2.55. The number of amides is 1. The number of nitrogens with two attached hydrogens (primary N) is 1. The third-order valence-electron chi connectivity index (χ3n) is 4.14. The third kappa shape index (κ3) is 4.22. The molecule has 112 valence electrons. The molecule has 1 amide bonds. The van der Waals surface area contributed by atoms with Crippen LogP contribution in [0.5, 0.6) is 0 Å². The SMILES string of the molecule is Cc1ccccc1CCNC(=O)C1(N)CCCCC1.Cl. The lowest BCUT2D eigenvalue weighted by atomic mass is 9.82. The first kappa shape index (κ1) is 17.0. The van der Waals surface area contributed by atoms with Crippen LogP contribution in [-0.4, -0.2) is 18.0 Å². The fourth-order valence-corrected chi connectivity index (χ4v) is 2.79. The summed E-state index contributed by atoms with van der Waals surface area (Å²) in [4.78, 5) is 12.2. The average molecular weight is 297 g/mol. The van der Waals surface area contributed by atoms with E-state index in [1.807, 2.05) is 12.1 Å². The van der Waals surface area contributed by atoms with E-state index in [9.17, 15) is 4.79 Å². The Balaban J connectivity index is 0.00000200. The van der Waals surface area contributed by atoms with Crippen molar-refractivity contribution in [3.05, 3.63) is 35.4 Å². The Bertz CT molecular complexity index is 442. The van der Waals surface area contributed by atoms with Gasteiger partial charge in [-0.1, -0.05) is 43.5 Å². The molecule has 1 aliphatic carbocycles. The molecule has 0 aromatic heterocycles. The Morgan fingerprint density at radius 2 is 1.90 bits per heavy atom. The molecule has 2 rings (SSSR count). The molecule has 1 saturated carbocycles. The number of nitrogens with one attached hydrogen (secondary N) is 1. The van der Waals surface area contributed by atoms with Crippen molar-refractivity contribution < 1.29 is 4.79 Å². The van der Waals surface area contributed by atoms with Gasteiger partial charge in [0.1, 0.15) is 0 Å². The Kier molecular flexibility index (Phi) is 6.50. The number of benzene rings is 1. The van der Waals surface area contributed by atoms with E-state index < -0.39 is 5.54 Å². The molecule has 0 aliphatic heterocycles. The Morgan fingerprint density at radius 3 is 2.55 bits per heavy atom. The van der Waals surface area contributed by atoms with Crippen LogP contribution in [0.1, 0.15) is 43.2 Å². The summed E-state index contributed by atoms with van der Waals surface area (Å²) >= 11 is 0. The summed E-state index contributed by atoms with van der Waals surface area (Å²) in [5.74, 6) is 0.0285. The number of rotatable bonds is 4. The molecule has 0 bridgehead atoms. The molecule has 0 unspecified atom stereocenters. The smallest absolute Gasteiger partial charge is 0.240 e. The second kappa shape index (κ2) is 7.65. The largest absolute Gasteiger partial charge is 0.354 e. The van der Waals surface area contributed by atoms with Crippen molar-refractivity contribution in [3.8, 4) is 0 Å². The van der Waals surface area contributed by atoms with Crippen LogP contribution >= 0.6 is 12.4 Å². The summed E-state index contributed by atoms with van der Waals surface area (Å²) in [6, 6.07) is 8.28. The summed E-state index contributed by atoms with van der Waals surface area (Å²) in [5.41, 5.74) is 8.14. The molecule has 1 aromatic rings.